The van der Waals surface area contributed by atoms with Crippen LogP contribution in [-0.4, -0.2) is 24.9 Å². The number of nitrogens with one attached hydrogen (secondary N) is 1. The Labute approximate surface area is 96.5 Å². The second-order valence-corrected chi connectivity index (χ2v) is 4.49. The van der Waals surface area contributed by atoms with Crippen LogP contribution in [0.1, 0.15) is 30.5 Å². The lowest BCUT2D eigenvalue weighted by Gasteiger charge is -2.25. The molecule has 1 amide bonds. The van der Waals surface area contributed by atoms with Gasteiger partial charge in [0, 0.05) is 11.7 Å². The molecule has 1 unspecified atom stereocenters. The fraction of sp³-hybridized carbons (Fsp3) is 0.462. The lowest BCUT2D eigenvalue weighted by Crippen LogP contribution is -2.20. The summed E-state index contributed by atoms with van der Waals surface area (Å²) in [5.41, 5.74) is 3.44. The van der Waals surface area contributed by atoms with Crippen molar-refractivity contribution in [3.63, 3.8) is 0 Å². The molecule has 0 saturated carbocycles. The maximum absolute atomic E-state index is 11.4. The molecule has 3 heteroatoms. The van der Waals surface area contributed by atoms with Gasteiger partial charge in [-0.15, -0.1) is 0 Å². The number of carbonyl (C=O) groups excluding carboxylic acids is 1. The van der Waals surface area contributed by atoms with Gasteiger partial charge in [0.05, 0.1) is 6.42 Å². The average molecular weight is 218 g/mol. The molecule has 1 aromatic carbocycles. The molecule has 2 rings (SSSR count). The topological polar surface area (TPSA) is 32.3 Å². The highest BCUT2D eigenvalue weighted by Crippen LogP contribution is 2.33. The SMILES string of the molecule is CCC(c1cccc2c1CC(=O)N2)N(C)C. The van der Waals surface area contributed by atoms with Crippen molar-refractivity contribution in [2.24, 2.45) is 0 Å². The summed E-state index contributed by atoms with van der Waals surface area (Å²) in [6.07, 6.45) is 1.58. The van der Waals surface area contributed by atoms with Crippen molar-refractivity contribution in [3.05, 3.63) is 29.3 Å². The molecule has 3 nitrogen and oxygen atoms in total. The molecule has 1 atom stereocenters. The zero-order valence-corrected chi connectivity index (χ0v) is 10.1. The minimum Gasteiger partial charge on any atom is -0.326 e. The van der Waals surface area contributed by atoms with Crippen LogP contribution in [0.2, 0.25) is 0 Å². The van der Waals surface area contributed by atoms with Crippen LogP contribution in [0, 0.1) is 0 Å². The summed E-state index contributed by atoms with van der Waals surface area (Å²) in [7, 11) is 4.16. The van der Waals surface area contributed by atoms with E-state index in [4.69, 9.17) is 0 Å². The number of hydrogen-bond donors (Lipinski definition) is 1. The first kappa shape index (κ1) is 11.1. The van der Waals surface area contributed by atoms with Gasteiger partial charge in [0.25, 0.3) is 0 Å². The monoisotopic (exact) mass is 218 g/mol. The zero-order chi connectivity index (χ0) is 11.7. The summed E-state index contributed by atoms with van der Waals surface area (Å²) in [6.45, 7) is 2.17. The normalized spacial score (nSPS) is 16.1. The van der Waals surface area contributed by atoms with E-state index in [1.807, 2.05) is 12.1 Å². The van der Waals surface area contributed by atoms with Gasteiger partial charge >= 0.3 is 0 Å². The Kier molecular flexibility index (Phi) is 2.97. The molecule has 86 valence electrons. The third-order valence-corrected chi connectivity index (χ3v) is 3.19. The zero-order valence-electron chi connectivity index (χ0n) is 10.1. The van der Waals surface area contributed by atoms with E-state index in [9.17, 15) is 4.79 Å². The van der Waals surface area contributed by atoms with Crippen molar-refractivity contribution in [3.8, 4) is 0 Å². The smallest absolute Gasteiger partial charge is 0.228 e. The first-order chi connectivity index (χ1) is 7.63. The molecule has 1 aliphatic rings. The summed E-state index contributed by atoms with van der Waals surface area (Å²) < 4.78 is 0. The Hall–Kier alpha value is -1.35. The Morgan fingerprint density at radius 3 is 2.81 bits per heavy atom. The van der Waals surface area contributed by atoms with E-state index in [2.05, 4.69) is 37.3 Å². The number of benzene rings is 1. The first-order valence-electron chi connectivity index (χ1n) is 5.71. The Bertz CT molecular complexity index is 412. The number of rotatable bonds is 3. The average Bonchev–Trinajstić information content (AvgIpc) is 2.59. The number of amides is 1. The van der Waals surface area contributed by atoms with Crippen LogP contribution in [-0.2, 0) is 11.2 Å². The molecule has 1 aromatic rings. The quantitative estimate of drug-likeness (QED) is 0.843. The molecule has 0 bridgehead atoms. The van der Waals surface area contributed by atoms with Crippen molar-refractivity contribution in [2.45, 2.75) is 25.8 Å². The van der Waals surface area contributed by atoms with Gasteiger partial charge in [-0.2, -0.15) is 0 Å². The predicted octanol–water partition coefficient (Wildman–Crippen LogP) is 2.19. The molecular weight excluding hydrogens is 200 g/mol. The Morgan fingerprint density at radius 1 is 1.44 bits per heavy atom. The summed E-state index contributed by atoms with van der Waals surface area (Å²) in [5, 5.41) is 2.90. The highest BCUT2D eigenvalue weighted by Gasteiger charge is 2.24. The van der Waals surface area contributed by atoms with Crippen LogP contribution in [0.4, 0.5) is 5.69 Å². The molecule has 1 heterocycles. The van der Waals surface area contributed by atoms with Crippen LogP contribution in [0.15, 0.2) is 18.2 Å². The number of anilines is 1. The van der Waals surface area contributed by atoms with Gasteiger partial charge < -0.3 is 10.2 Å². The molecule has 0 aromatic heterocycles. The van der Waals surface area contributed by atoms with E-state index < -0.39 is 0 Å². The van der Waals surface area contributed by atoms with E-state index in [1.165, 1.54) is 11.1 Å². The van der Waals surface area contributed by atoms with E-state index in [0.717, 1.165) is 12.1 Å². The summed E-state index contributed by atoms with van der Waals surface area (Å²) in [4.78, 5) is 13.6. The fourth-order valence-corrected chi connectivity index (χ4v) is 2.45. The van der Waals surface area contributed by atoms with Crippen LogP contribution in [0.25, 0.3) is 0 Å². The van der Waals surface area contributed by atoms with E-state index in [-0.39, 0.29) is 5.91 Å². The van der Waals surface area contributed by atoms with Gasteiger partial charge in [-0.25, -0.2) is 0 Å². The van der Waals surface area contributed by atoms with Gasteiger partial charge in [-0.05, 0) is 37.7 Å². The first-order valence-corrected chi connectivity index (χ1v) is 5.71. The standard InChI is InChI=1S/C13H18N2O/c1-4-12(15(2)3)9-6-5-7-11-10(9)8-13(16)14-11/h5-7,12H,4,8H2,1-3H3,(H,14,16). The van der Waals surface area contributed by atoms with Gasteiger partial charge in [0.2, 0.25) is 5.91 Å². The van der Waals surface area contributed by atoms with E-state index in [0.29, 0.717) is 12.5 Å². The molecule has 0 aliphatic carbocycles. The van der Waals surface area contributed by atoms with Crippen molar-refractivity contribution < 1.29 is 4.79 Å². The second-order valence-electron chi connectivity index (χ2n) is 4.49. The Morgan fingerprint density at radius 2 is 2.19 bits per heavy atom. The third kappa shape index (κ3) is 1.83. The van der Waals surface area contributed by atoms with Crippen molar-refractivity contribution in [1.29, 1.82) is 0 Å². The number of hydrogen-bond acceptors (Lipinski definition) is 2. The Balaban J connectivity index is 2.43. The molecule has 0 spiro atoms. The fourth-order valence-electron chi connectivity index (χ4n) is 2.45. The molecule has 1 N–H and O–H groups in total. The van der Waals surface area contributed by atoms with Crippen LogP contribution in [0.3, 0.4) is 0 Å². The maximum Gasteiger partial charge on any atom is 0.228 e. The highest BCUT2D eigenvalue weighted by molar-refractivity contribution is 5.99. The number of carbonyl (C=O) groups is 1. The number of nitrogens with zero attached hydrogens (tertiary/aromatic N) is 1. The summed E-state index contributed by atoms with van der Waals surface area (Å²) in [6, 6.07) is 6.52. The predicted molar refractivity (Wildman–Crippen MR) is 65.5 cm³/mol. The van der Waals surface area contributed by atoms with Gasteiger partial charge in [0.15, 0.2) is 0 Å². The lowest BCUT2D eigenvalue weighted by molar-refractivity contribution is -0.115. The second kappa shape index (κ2) is 4.26. The van der Waals surface area contributed by atoms with Crippen molar-refractivity contribution in [1.82, 2.24) is 4.90 Å². The van der Waals surface area contributed by atoms with Crippen LogP contribution in [0.5, 0.6) is 0 Å². The molecular formula is C13H18N2O. The molecule has 1 aliphatic heterocycles. The summed E-state index contributed by atoms with van der Waals surface area (Å²) >= 11 is 0. The number of fused-ring (bicyclic) bond motifs is 1. The van der Waals surface area contributed by atoms with Crippen molar-refractivity contribution in [2.75, 3.05) is 19.4 Å². The van der Waals surface area contributed by atoms with E-state index in [1.54, 1.807) is 0 Å². The van der Waals surface area contributed by atoms with Gasteiger partial charge in [-0.1, -0.05) is 19.1 Å². The van der Waals surface area contributed by atoms with Crippen molar-refractivity contribution >= 4 is 11.6 Å². The summed E-state index contributed by atoms with van der Waals surface area (Å²) in [5.74, 6) is 0.107. The maximum atomic E-state index is 11.4. The third-order valence-electron chi connectivity index (χ3n) is 3.19. The minimum atomic E-state index is 0.107. The largest absolute Gasteiger partial charge is 0.326 e. The highest BCUT2D eigenvalue weighted by atomic mass is 16.1. The molecule has 0 fully saturated rings. The van der Waals surface area contributed by atoms with Crippen LogP contribution < -0.4 is 5.32 Å². The van der Waals surface area contributed by atoms with Gasteiger partial charge in [0.1, 0.15) is 0 Å². The molecule has 0 saturated heterocycles. The lowest BCUT2D eigenvalue weighted by atomic mass is 9.96. The van der Waals surface area contributed by atoms with E-state index >= 15 is 0 Å². The minimum absolute atomic E-state index is 0.107. The van der Waals surface area contributed by atoms with Crippen LogP contribution >= 0.6 is 0 Å². The molecule has 16 heavy (non-hydrogen) atoms. The molecule has 0 radical (unpaired) electrons. The van der Waals surface area contributed by atoms with Gasteiger partial charge in [-0.3, -0.25) is 4.79 Å².